The van der Waals surface area contributed by atoms with E-state index in [4.69, 9.17) is 4.74 Å². The molecule has 1 N–H and O–H groups in total. The van der Waals surface area contributed by atoms with Crippen LogP contribution in [0.5, 0.6) is 5.75 Å². The number of ether oxygens (including phenoxy) is 1. The minimum atomic E-state index is -3.53. The smallest absolute Gasteiger partial charge is 0.242 e. The van der Waals surface area contributed by atoms with E-state index >= 15 is 0 Å². The topological polar surface area (TPSA) is 96.0 Å². The molecule has 0 saturated carbocycles. The molecule has 1 atom stereocenters. The molecule has 0 heterocycles. The Balaban J connectivity index is 2.18. The van der Waals surface area contributed by atoms with Gasteiger partial charge in [-0.25, -0.2) is 8.42 Å². The van der Waals surface area contributed by atoms with Crippen molar-refractivity contribution in [1.29, 1.82) is 0 Å². The molecule has 0 saturated heterocycles. The van der Waals surface area contributed by atoms with Gasteiger partial charge in [0.15, 0.2) is 0 Å². The van der Waals surface area contributed by atoms with Crippen LogP contribution < -0.4 is 14.4 Å². The van der Waals surface area contributed by atoms with Gasteiger partial charge >= 0.3 is 0 Å². The summed E-state index contributed by atoms with van der Waals surface area (Å²) in [5, 5.41) is 2.87. The Morgan fingerprint density at radius 1 is 1.00 bits per heavy atom. The summed E-state index contributed by atoms with van der Waals surface area (Å²) in [5.41, 5.74) is 3.51. The third-order valence-electron chi connectivity index (χ3n) is 6.04. The summed E-state index contributed by atoms with van der Waals surface area (Å²) in [6.45, 7) is 9.76. The number of hydrogen-bond donors (Lipinski definition) is 1. The highest BCUT2D eigenvalue weighted by Gasteiger charge is 2.27. The Bertz CT molecular complexity index is 1150. The van der Waals surface area contributed by atoms with Crippen molar-refractivity contribution in [1.82, 2.24) is 10.2 Å². The summed E-state index contributed by atoms with van der Waals surface area (Å²) in [6, 6.07) is 12.1. The van der Waals surface area contributed by atoms with Gasteiger partial charge in [-0.2, -0.15) is 0 Å². The lowest BCUT2D eigenvalue weighted by molar-refractivity contribution is -0.140. The number of rotatable bonds is 12. The molecule has 1 unspecified atom stereocenters. The monoisotopic (exact) mass is 517 g/mol. The third-order valence-corrected chi connectivity index (χ3v) is 7.23. The molecule has 198 valence electrons. The molecule has 2 aromatic carbocycles. The van der Waals surface area contributed by atoms with Crippen molar-refractivity contribution in [3.05, 3.63) is 59.2 Å². The van der Waals surface area contributed by atoms with Crippen LogP contribution in [0.4, 0.5) is 5.69 Å². The molecule has 0 aromatic heterocycles. The molecule has 0 radical (unpaired) electrons. The van der Waals surface area contributed by atoms with Crippen LogP contribution in [0.25, 0.3) is 0 Å². The van der Waals surface area contributed by atoms with Crippen LogP contribution in [-0.2, 0) is 26.2 Å². The predicted octanol–water partition coefficient (Wildman–Crippen LogP) is 3.80. The summed E-state index contributed by atoms with van der Waals surface area (Å²) < 4.78 is 31.5. The third kappa shape index (κ3) is 8.26. The van der Waals surface area contributed by atoms with Crippen molar-refractivity contribution in [2.75, 3.05) is 24.2 Å². The summed E-state index contributed by atoms with van der Waals surface area (Å²) in [7, 11) is -1.95. The maximum absolute atomic E-state index is 13.3. The van der Waals surface area contributed by atoms with Gasteiger partial charge in [0.25, 0.3) is 0 Å². The normalized spacial score (nSPS) is 12.2. The highest BCUT2D eigenvalue weighted by Crippen LogP contribution is 2.22. The lowest BCUT2D eigenvalue weighted by Gasteiger charge is -2.30. The van der Waals surface area contributed by atoms with Gasteiger partial charge in [0.2, 0.25) is 21.8 Å². The van der Waals surface area contributed by atoms with Crippen LogP contribution in [0.2, 0.25) is 0 Å². The number of hydrogen-bond acceptors (Lipinski definition) is 5. The summed E-state index contributed by atoms with van der Waals surface area (Å²) in [5.74, 6) is 0.250. The van der Waals surface area contributed by atoms with Gasteiger partial charge in [-0.15, -0.1) is 0 Å². The Kier molecular flexibility index (Phi) is 10.3. The number of amides is 2. The number of carbonyl (C=O) groups is 2. The van der Waals surface area contributed by atoms with Gasteiger partial charge < -0.3 is 15.0 Å². The zero-order chi connectivity index (χ0) is 27.0. The van der Waals surface area contributed by atoms with Crippen LogP contribution in [-0.4, -0.2) is 57.1 Å². The molecule has 0 aliphatic carbocycles. The first kappa shape index (κ1) is 29.2. The van der Waals surface area contributed by atoms with Gasteiger partial charge in [0.1, 0.15) is 11.8 Å². The molecule has 9 heteroatoms. The predicted molar refractivity (Wildman–Crippen MR) is 144 cm³/mol. The van der Waals surface area contributed by atoms with Crippen molar-refractivity contribution in [3.63, 3.8) is 0 Å². The molecule has 0 aliphatic rings. The van der Waals surface area contributed by atoms with Gasteiger partial charge in [-0.3, -0.25) is 13.9 Å². The molecule has 2 amide bonds. The van der Waals surface area contributed by atoms with E-state index < -0.39 is 16.1 Å². The zero-order valence-corrected chi connectivity index (χ0v) is 23.2. The standard InChI is InChI=1S/C27H39N3O5S/c1-19(2)28-27(32)22(5)29(18-23-11-14-25(35-6)15-12-23)26(31)9-8-16-30(36(7,33)34)24-13-10-20(3)21(4)17-24/h10-15,17,19,22H,8-9,16,18H2,1-7H3,(H,28,32). The van der Waals surface area contributed by atoms with Gasteiger partial charge in [0, 0.05) is 25.6 Å². The molecular formula is C27H39N3O5S. The maximum Gasteiger partial charge on any atom is 0.242 e. The second-order valence-electron chi connectivity index (χ2n) is 9.42. The lowest BCUT2D eigenvalue weighted by Crippen LogP contribution is -2.49. The van der Waals surface area contributed by atoms with Gasteiger partial charge in [-0.05, 0) is 82.0 Å². The van der Waals surface area contributed by atoms with Crippen molar-refractivity contribution in [2.45, 2.75) is 66.1 Å². The SMILES string of the molecule is COc1ccc(CN(C(=O)CCCN(c2ccc(C)c(C)c2)S(C)(=O)=O)C(C)C(=O)NC(C)C)cc1. The van der Waals surface area contributed by atoms with Crippen LogP contribution in [0, 0.1) is 13.8 Å². The Morgan fingerprint density at radius 3 is 2.17 bits per heavy atom. The average Bonchev–Trinajstić information content (AvgIpc) is 2.80. The minimum Gasteiger partial charge on any atom is -0.497 e. The molecule has 0 spiro atoms. The number of anilines is 1. The molecule has 0 bridgehead atoms. The van der Waals surface area contributed by atoms with E-state index in [1.54, 1.807) is 25.0 Å². The van der Waals surface area contributed by atoms with Crippen LogP contribution in [0.1, 0.15) is 50.3 Å². The minimum absolute atomic E-state index is 0.0563. The second kappa shape index (κ2) is 12.8. The van der Waals surface area contributed by atoms with E-state index in [9.17, 15) is 18.0 Å². The van der Waals surface area contributed by atoms with E-state index in [2.05, 4.69) is 5.32 Å². The number of sulfonamides is 1. The van der Waals surface area contributed by atoms with Crippen LogP contribution in [0.15, 0.2) is 42.5 Å². The first-order valence-electron chi connectivity index (χ1n) is 12.1. The fourth-order valence-electron chi connectivity index (χ4n) is 3.80. The second-order valence-corrected chi connectivity index (χ2v) is 11.3. The van der Waals surface area contributed by atoms with Crippen molar-refractivity contribution < 1.29 is 22.7 Å². The number of aryl methyl sites for hydroxylation is 2. The maximum atomic E-state index is 13.3. The molecule has 0 fully saturated rings. The van der Waals surface area contributed by atoms with Crippen molar-refractivity contribution in [2.24, 2.45) is 0 Å². The van der Waals surface area contributed by atoms with Crippen LogP contribution >= 0.6 is 0 Å². The summed E-state index contributed by atoms with van der Waals surface area (Å²) in [6.07, 6.45) is 1.58. The van der Waals surface area contributed by atoms with E-state index in [1.807, 2.05) is 64.1 Å². The molecule has 2 rings (SSSR count). The summed E-state index contributed by atoms with van der Waals surface area (Å²) >= 11 is 0. The highest BCUT2D eigenvalue weighted by atomic mass is 32.2. The van der Waals surface area contributed by atoms with Gasteiger partial charge in [0.05, 0.1) is 19.1 Å². The van der Waals surface area contributed by atoms with E-state index in [0.717, 1.165) is 22.9 Å². The zero-order valence-electron chi connectivity index (χ0n) is 22.4. The number of methoxy groups -OCH3 is 1. The number of carbonyl (C=O) groups excluding carboxylic acids is 2. The number of benzene rings is 2. The fourth-order valence-corrected chi connectivity index (χ4v) is 4.76. The molecule has 2 aromatic rings. The number of nitrogens with zero attached hydrogens (tertiary/aromatic N) is 2. The lowest BCUT2D eigenvalue weighted by atomic mass is 10.1. The van der Waals surface area contributed by atoms with E-state index in [1.165, 1.54) is 4.31 Å². The number of nitrogens with one attached hydrogen (secondary N) is 1. The Hall–Kier alpha value is -3.07. The molecule has 8 nitrogen and oxygen atoms in total. The quantitative estimate of drug-likeness (QED) is 0.462. The highest BCUT2D eigenvalue weighted by molar-refractivity contribution is 7.92. The molecule has 36 heavy (non-hydrogen) atoms. The Labute approximate surface area is 215 Å². The van der Waals surface area contributed by atoms with Gasteiger partial charge in [-0.1, -0.05) is 18.2 Å². The largest absolute Gasteiger partial charge is 0.497 e. The average molecular weight is 518 g/mol. The fraction of sp³-hybridized carbons (Fsp3) is 0.481. The van der Waals surface area contributed by atoms with E-state index in [-0.39, 0.29) is 37.4 Å². The first-order chi connectivity index (χ1) is 16.8. The van der Waals surface area contributed by atoms with Crippen molar-refractivity contribution in [3.8, 4) is 5.75 Å². The first-order valence-corrected chi connectivity index (χ1v) is 14.0. The molecular weight excluding hydrogens is 478 g/mol. The molecule has 0 aliphatic heterocycles. The van der Waals surface area contributed by atoms with E-state index in [0.29, 0.717) is 17.9 Å². The Morgan fingerprint density at radius 2 is 1.64 bits per heavy atom. The summed E-state index contributed by atoms with van der Waals surface area (Å²) in [4.78, 5) is 27.6. The van der Waals surface area contributed by atoms with Crippen molar-refractivity contribution >= 4 is 27.5 Å². The van der Waals surface area contributed by atoms with Crippen LogP contribution in [0.3, 0.4) is 0 Å².